The molecule has 1 amide bonds. The molecule has 1 saturated heterocycles. The summed E-state index contributed by atoms with van der Waals surface area (Å²) in [7, 11) is 0. The number of hydrogen-bond donors (Lipinski definition) is 2. The minimum atomic E-state index is -0.182. The first kappa shape index (κ1) is 19.4. The van der Waals surface area contributed by atoms with Gasteiger partial charge in [0.1, 0.15) is 0 Å². The molecule has 4 nitrogen and oxygen atoms in total. The van der Waals surface area contributed by atoms with E-state index in [1.165, 1.54) is 5.56 Å². The molecule has 0 aromatic heterocycles. The van der Waals surface area contributed by atoms with Gasteiger partial charge < -0.3 is 10.4 Å². The van der Waals surface area contributed by atoms with Crippen LogP contribution in [0.3, 0.4) is 0 Å². The molecule has 0 saturated carbocycles. The number of halogens is 2. The van der Waals surface area contributed by atoms with E-state index in [0.29, 0.717) is 17.1 Å². The number of carbonyl (C=O) groups excluding carboxylic acids is 1. The topological polar surface area (TPSA) is 52.6 Å². The monoisotopic (exact) mass is 436 g/mol. The standard InChI is InChI=1S/C20H22BrClN2O2/c21-16-5-6-18(19(22)11-16)20(26)23-12-14-1-3-15(4-2-14)13-24-9-7-17(25)8-10-24/h1-6,11,17,25H,7-10,12-13H2,(H,23,26). The molecule has 0 spiro atoms. The molecular weight excluding hydrogens is 416 g/mol. The highest BCUT2D eigenvalue weighted by Gasteiger charge is 2.16. The molecule has 1 aliphatic rings. The number of piperidine rings is 1. The highest BCUT2D eigenvalue weighted by atomic mass is 79.9. The summed E-state index contributed by atoms with van der Waals surface area (Å²) >= 11 is 9.45. The molecule has 6 heteroatoms. The summed E-state index contributed by atoms with van der Waals surface area (Å²) in [6, 6.07) is 13.5. The van der Waals surface area contributed by atoms with E-state index in [-0.39, 0.29) is 12.0 Å². The van der Waals surface area contributed by atoms with Crippen LogP contribution in [0.4, 0.5) is 0 Å². The van der Waals surface area contributed by atoms with Crippen LogP contribution < -0.4 is 5.32 Å². The number of rotatable bonds is 5. The van der Waals surface area contributed by atoms with Crippen molar-refractivity contribution >= 4 is 33.4 Å². The molecule has 3 rings (SSSR count). The number of hydrogen-bond acceptors (Lipinski definition) is 3. The highest BCUT2D eigenvalue weighted by molar-refractivity contribution is 9.10. The van der Waals surface area contributed by atoms with E-state index in [4.69, 9.17) is 11.6 Å². The van der Waals surface area contributed by atoms with Crippen molar-refractivity contribution in [3.63, 3.8) is 0 Å². The molecule has 2 aromatic rings. The van der Waals surface area contributed by atoms with Crippen molar-refractivity contribution in [1.29, 1.82) is 0 Å². The largest absolute Gasteiger partial charge is 0.393 e. The van der Waals surface area contributed by atoms with Crippen molar-refractivity contribution in [1.82, 2.24) is 10.2 Å². The molecule has 2 N–H and O–H groups in total. The minimum absolute atomic E-state index is 0.142. The maximum atomic E-state index is 12.3. The number of likely N-dealkylation sites (tertiary alicyclic amines) is 1. The van der Waals surface area contributed by atoms with Gasteiger partial charge in [-0.15, -0.1) is 0 Å². The van der Waals surface area contributed by atoms with Gasteiger partial charge in [-0.25, -0.2) is 0 Å². The fourth-order valence-corrected chi connectivity index (χ4v) is 3.81. The molecule has 0 radical (unpaired) electrons. The van der Waals surface area contributed by atoms with Gasteiger partial charge in [0.05, 0.1) is 16.7 Å². The molecule has 1 heterocycles. The summed E-state index contributed by atoms with van der Waals surface area (Å²) in [6.07, 6.45) is 1.56. The van der Waals surface area contributed by atoms with Crippen LogP contribution in [0.25, 0.3) is 0 Å². The Bertz CT molecular complexity index is 759. The number of nitrogens with zero attached hydrogens (tertiary/aromatic N) is 1. The fourth-order valence-electron chi connectivity index (χ4n) is 3.05. The van der Waals surface area contributed by atoms with Crippen molar-refractivity contribution < 1.29 is 9.90 Å². The third kappa shape index (κ3) is 5.30. The summed E-state index contributed by atoms with van der Waals surface area (Å²) in [4.78, 5) is 14.6. The normalized spacial score (nSPS) is 15.8. The maximum absolute atomic E-state index is 12.3. The molecule has 138 valence electrons. The molecule has 2 aromatic carbocycles. The van der Waals surface area contributed by atoms with Gasteiger partial charge in [0.25, 0.3) is 5.91 Å². The summed E-state index contributed by atoms with van der Waals surface area (Å²) < 4.78 is 0.845. The lowest BCUT2D eigenvalue weighted by atomic mass is 10.1. The Morgan fingerprint density at radius 2 is 1.81 bits per heavy atom. The van der Waals surface area contributed by atoms with E-state index in [1.807, 2.05) is 12.1 Å². The molecule has 0 unspecified atom stereocenters. The molecule has 0 atom stereocenters. The van der Waals surface area contributed by atoms with E-state index in [0.717, 1.165) is 42.5 Å². The van der Waals surface area contributed by atoms with Gasteiger partial charge in [-0.3, -0.25) is 9.69 Å². The molecule has 0 aliphatic carbocycles. The van der Waals surface area contributed by atoms with E-state index in [9.17, 15) is 9.90 Å². The molecule has 1 aliphatic heterocycles. The summed E-state index contributed by atoms with van der Waals surface area (Å²) in [5, 5.41) is 12.9. The third-order valence-corrected chi connectivity index (χ3v) is 5.42. The average Bonchev–Trinajstić information content (AvgIpc) is 2.63. The highest BCUT2D eigenvalue weighted by Crippen LogP contribution is 2.21. The fraction of sp³-hybridized carbons (Fsp3) is 0.350. The Morgan fingerprint density at radius 1 is 1.15 bits per heavy atom. The smallest absolute Gasteiger partial charge is 0.253 e. The second kappa shape index (κ2) is 9.00. The first-order valence-corrected chi connectivity index (χ1v) is 9.90. The van der Waals surface area contributed by atoms with E-state index in [1.54, 1.807) is 18.2 Å². The van der Waals surface area contributed by atoms with Crippen LogP contribution in [0, 0.1) is 0 Å². The Balaban J connectivity index is 1.52. The first-order chi connectivity index (χ1) is 12.5. The summed E-state index contributed by atoms with van der Waals surface area (Å²) in [5.74, 6) is -0.182. The summed E-state index contributed by atoms with van der Waals surface area (Å²) in [6.45, 7) is 3.23. The zero-order valence-corrected chi connectivity index (χ0v) is 16.8. The van der Waals surface area contributed by atoms with Crippen molar-refractivity contribution in [2.24, 2.45) is 0 Å². The van der Waals surface area contributed by atoms with E-state index >= 15 is 0 Å². The van der Waals surface area contributed by atoms with Gasteiger partial charge in [0.2, 0.25) is 0 Å². The lowest BCUT2D eigenvalue weighted by Crippen LogP contribution is -2.35. The SMILES string of the molecule is O=C(NCc1ccc(CN2CCC(O)CC2)cc1)c1ccc(Br)cc1Cl. The Morgan fingerprint density at radius 3 is 2.46 bits per heavy atom. The minimum Gasteiger partial charge on any atom is -0.393 e. The molecule has 26 heavy (non-hydrogen) atoms. The second-order valence-corrected chi connectivity index (χ2v) is 7.95. The Kier molecular flexibility index (Phi) is 6.70. The third-order valence-electron chi connectivity index (χ3n) is 4.62. The van der Waals surface area contributed by atoms with E-state index in [2.05, 4.69) is 38.3 Å². The van der Waals surface area contributed by atoms with Gasteiger partial charge >= 0.3 is 0 Å². The Labute approximate surface area is 167 Å². The Hall–Kier alpha value is -1.40. The van der Waals surface area contributed by atoms with Crippen molar-refractivity contribution in [2.45, 2.75) is 32.0 Å². The lowest BCUT2D eigenvalue weighted by molar-refractivity contribution is 0.0792. The van der Waals surface area contributed by atoms with Crippen LogP contribution in [0.5, 0.6) is 0 Å². The van der Waals surface area contributed by atoms with Crippen LogP contribution in [0.15, 0.2) is 46.9 Å². The average molecular weight is 438 g/mol. The van der Waals surface area contributed by atoms with Gasteiger partial charge in [-0.2, -0.15) is 0 Å². The zero-order chi connectivity index (χ0) is 18.5. The number of carbonyl (C=O) groups is 1. The van der Waals surface area contributed by atoms with Crippen LogP contribution in [-0.4, -0.2) is 35.1 Å². The van der Waals surface area contributed by atoms with Gasteiger partial charge in [0, 0.05) is 30.7 Å². The van der Waals surface area contributed by atoms with E-state index < -0.39 is 0 Å². The van der Waals surface area contributed by atoms with Gasteiger partial charge in [-0.1, -0.05) is 51.8 Å². The first-order valence-electron chi connectivity index (χ1n) is 8.73. The molecule has 1 fully saturated rings. The van der Waals surface area contributed by atoms with Crippen LogP contribution in [-0.2, 0) is 13.1 Å². The predicted molar refractivity (Wildman–Crippen MR) is 107 cm³/mol. The predicted octanol–water partition coefficient (Wildman–Crippen LogP) is 3.99. The lowest BCUT2D eigenvalue weighted by Gasteiger charge is -2.29. The maximum Gasteiger partial charge on any atom is 0.253 e. The second-order valence-electron chi connectivity index (χ2n) is 6.63. The van der Waals surface area contributed by atoms with Gasteiger partial charge in [0.15, 0.2) is 0 Å². The number of aliphatic hydroxyl groups is 1. The van der Waals surface area contributed by atoms with Gasteiger partial charge in [-0.05, 0) is 42.2 Å². The number of nitrogens with one attached hydrogen (secondary N) is 1. The van der Waals surface area contributed by atoms with Crippen molar-refractivity contribution in [3.05, 3.63) is 68.7 Å². The van der Waals surface area contributed by atoms with Crippen molar-refractivity contribution in [2.75, 3.05) is 13.1 Å². The molecular formula is C20H22BrClN2O2. The quantitative estimate of drug-likeness (QED) is 0.744. The van der Waals surface area contributed by atoms with Crippen molar-refractivity contribution in [3.8, 4) is 0 Å². The number of benzene rings is 2. The van der Waals surface area contributed by atoms with Crippen LogP contribution >= 0.6 is 27.5 Å². The zero-order valence-electron chi connectivity index (χ0n) is 14.4. The summed E-state index contributed by atoms with van der Waals surface area (Å²) in [5.41, 5.74) is 2.76. The van der Waals surface area contributed by atoms with Crippen LogP contribution in [0.1, 0.15) is 34.3 Å². The number of amides is 1. The molecule has 0 bridgehead atoms. The number of aliphatic hydroxyl groups excluding tert-OH is 1. The van der Waals surface area contributed by atoms with Crippen LogP contribution in [0.2, 0.25) is 5.02 Å².